The molecule has 0 amide bonds. The van der Waals surface area contributed by atoms with E-state index in [-0.39, 0.29) is 0 Å². The molecule has 4 heterocycles. The smallest absolute Gasteiger partial charge is 0.229 e. The molecule has 37 heavy (non-hydrogen) atoms. The summed E-state index contributed by atoms with van der Waals surface area (Å²) in [4.78, 5) is 20.2. The van der Waals surface area contributed by atoms with Crippen LogP contribution in [0.1, 0.15) is 18.9 Å². The molecule has 1 aliphatic heterocycles. The Bertz CT molecular complexity index is 1510. The number of rotatable bonds is 6. The highest BCUT2D eigenvalue weighted by molar-refractivity contribution is 7.71. The molecule has 1 aromatic carbocycles. The number of halogens is 1. The fourth-order valence-corrected chi connectivity index (χ4v) is 7.29. The normalized spacial score (nSPS) is 21.9. The van der Waals surface area contributed by atoms with Crippen LogP contribution in [0.25, 0.3) is 11.0 Å². The molecule has 1 aliphatic carbocycles. The van der Waals surface area contributed by atoms with E-state index in [9.17, 15) is 4.57 Å². The Morgan fingerprint density at radius 3 is 2.54 bits per heavy atom. The average molecular weight is 538 g/mol. The van der Waals surface area contributed by atoms with Gasteiger partial charge < -0.3 is 20.1 Å². The van der Waals surface area contributed by atoms with Gasteiger partial charge in [-0.2, -0.15) is 10.1 Å². The topological polar surface area (TPSA) is 114 Å². The monoisotopic (exact) mass is 537 g/mol. The third kappa shape index (κ3) is 4.81. The molecule has 1 saturated heterocycles. The molecular formula is C25H29ClN9OP. The lowest BCUT2D eigenvalue weighted by Gasteiger charge is -2.17. The zero-order valence-corrected chi connectivity index (χ0v) is 22.6. The fourth-order valence-electron chi connectivity index (χ4n) is 5.76. The van der Waals surface area contributed by atoms with Crippen molar-refractivity contribution in [2.75, 3.05) is 44.1 Å². The van der Waals surface area contributed by atoms with Crippen LogP contribution in [0.3, 0.4) is 0 Å². The summed E-state index contributed by atoms with van der Waals surface area (Å²) >= 11 is 6.45. The van der Waals surface area contributed by atoms with Gasteiger partial charge in [-0.05, 0) is 57.2 Å². The Kier molecular flexibility index (Phi) is 6.13. The van der Waals surface area contributed by atoms with Crippen molar-refractivity contribution >= 4 is 58.2 Å². The minimum absolute atomic E-state index is 0.343. The van der Waals surface area contributed by atoms with E-state index in [1.807, 2.05) is 18.3 Å². The minimum atomic E-state index is -2.72. The Morgan fingerprint density at radius 1 is 1.03 bits per heavy atom. The molecule has 3 aromatic heterocycles. The van der Waals surface area contributed by atoms with Gasteiger partial charge >= 0.3 is 0 Å². The van der Waals surface area contributed by atoms with Gasteiger partial charge in [-0.1, -0.05) is 11.6 Å². The first kappa shape index (κ1) is 24.3. The van der Waals surface area contributed by atoms with E-state index < -0.39 is 7.14 Å². The van der Waals surface area contributed by atoms with Gasteiger partial charge in [0.15, 0.2) is 5.82 Å². The molecule has 6 rings (SSSR count). The number of likely N-dealkylation sites (tertiary alicyclic amines) is 1. The van der Waals surface area contributed by atoms with Crippen LogP contribution in [0.2, 0.25) is 5.02 Å². The largest absolute Gasteiger partial charge is 0.338 e. The highest BCUT2D eigenvalue weighted by atomic mass is 35.5. The minimum Gasteiger partial charge on any atom is -0.338 e. The van der Waals surface area contributed by atoms with Crippen molar-refractivity contribution in [3.05, 3.63) is 48.1 Å². The summed E-state index contributed by atoms with van der Waals surface area (Å²) in [6.07, 6.45) is 10.9. The maximum atomic E-state index is 13.2. The summed E-state index contributed by atoms with van der Waals surface area (Å²) < 4.78 is 15.3. The van der Waals surface area contributed by atoms with Crippen molar-refractivity contribution in [1.29, 1.82) is 0 Å². The second-order valence-corrected chi connectivity index (χ2v) is 14.0. The van der Waals surface area contributed by atoms with E-state index in [0.29, 0.717) is 44.9 Å². The molecule has 2 unspecified atom stereocenters. The van der Waals surface area contributed by atoms with Crippen LogP contribution in [0.5, 0.6) is 0 Å². The molecule has 0 spiro atoms. The van der Waals surface area contributed by atoms with Crippen LogP contribution < -0.4 is 15.9 Å². The molecule has 2 fully saturated rings. The number of aromatic nitrogens is 6. The van der Waals surface area contributed by atoms with Crippen LogP contribution in [-0.2, 0) is 4.57 Å². The van der Waals surface area contributed by atoms with Crippen LogP contribution in [0.4, 0.5) is 23.1 Å². The predicted molar refractivity (Wildman–Crippen MR) is 147 cm³/mol. The van der Waals surface area contributed by atoms with Crippen LogP contribution in [-0.4, -0.2) is 68.1 Å². The number of nitrogens with one attached hydrogen (secondary N) is 2. The fraction of sp³-hybridized carbons (Fsp3) is 0.400. The number of fused-ring (bicyclic) bond motifs is 2. The summed E-state index contributed by atoms with van der Waals surface area (Å²) in [7, 11) is -0.514. The third-order valence-corrected chi connectivity index (χ3v) is 9.10. The quantitative estimate of drug-likeness (QED) is 0.343. The number of nitrogens with zero attached hydrogens (tertiary/aromatic N) is 7. The molecule has 2 aliphatic rings. The van der Waals surface area contributed by atoms with E-state index in [0.717, 1.165) is 17.5 Å². The van der Waals surface area contributed by atoms with Crippen molar-refractivity contribution < 1.29 is 4.57 Å². The number of benzene rings is 1. The first-order valence-electron chi connectivity index (χ1n) is 12.3. The van der Waals surface area contributed by atoms with E-state index in [4.69, 9.17) is 11.6 Å². The zero-order valence-electron chi connectivity index (χ0n) is 21.0. The Morgan fingerprint density at radius 2 is 1.78 bits per heavy atom. The summed E-state index contributed by atoms with van der Waals surface area (Å²) in [5, 5.41) is 12.1. The van der Waals surface area contributed by atoms with Crippen molar-refractivity contribution in [3.63, 3.8) is 0 Å². The van der Waals surface area contributed by atoms with Gasteiger partial charge in [0.1, 0.15) is 17.7 Å². The van der Waals surface area contributed by atoms with Gasteiger partial charge in [0.2, 0.25) is 5.95 Å². The second-order valence-electron chi connectivity index (χ2n) is 10.5. The molecule has 1 saturated carbocycles. The average Bonchev–Trinajstić information content (AvgIpc) is 3.55. The van der Waals surface area contributed by atoms with Gasteiger partial charge in [0.25, 0.3) is 0 Å². The third-order valence-electron chi connectivity index (χ3n) is 7.29. The maximum absolute atomic E-state index is 13.2. The van der Waals surface area contributed by atoms with Crippen LogP contribution >= 0.6 is 18.7 Å². The van der Waals surface area contributed by atoms with Crippen molar-refractivity contribution in [3.8, 4) is 0 Å². The Balaban J connectivity index is 1.23. The first-order chi connectivity index (χ1) is 17.7. The van der Waals surface area contributed by atoms with Gasteiger partial charge in [0, 0.05) is 31.7 Å². The zero-order chi connectivity index (χ0) is 25.7. The molecule has 12 heteroatoms. The highest BCUT2D eigenvalue weighted by Crippen LogP contribution is 2.44. The van der Waals surface area contributed by atoms with E-state index in [2.05, 4.69) is 52.3 Å². The van der Waals surface area contributed by atoms with E-state index in [1.165, 1.54) is 32.1 Å². The van der Waals surface area contributed by atoms with Crippen molar-refractivity contribution in [2.45, 2.75) is 18.9 Å². The Labute approximate surface area is 220 Å². The standard InChI is InChI=1S/C25H29ClN9OP/c1-34-12-15-8-18(9-16(15)13-34)35-14-17(10-30-35)31-25-29-11-19(26)24(33-25)32-21-5-4-20-22(28-7-6-27-20)23(21)37(2,3)36/h4-7,10-11,14-16,18H,8-9,12-13H2,1-3H3,(H2,29,31,32,33). The van der Waals surface area contributed by atoms with Gasteiger partial charge in [-0.3, -0.25) is 14.6 Å². The number of hydrogen-bond acceptors (Lipinski definition) is 9. The summed E-state index contributed by atoms with van der Waals surface area (Å²) in [5.41, 5.74) is 2.71. The van der Waals surface area contributed by atoms with Crippen LogP contribution in [0.15, 0.2) is 43.1 Å². The van der Waals surface area contributed by atoms with E-state index in [1.54, 1.807) is 31.9 Å². The number of anilines is 4. The molecular weight excluding hydrogens is 509 g/mol. The summed E-state index contributed by atoms with van der Waals surface area (Å²) in [5.74, 6) is 2.31. The Hall–Kier alpha value is -3.07. The van der Waals surface area contributed by atoms with Gasteiger partial charge in [-0.25, -0.2) is 4.98 Å². The lowest BCUT2D eigenvalue weighted by Crippen LogP contribution is -2.17. The molecule has 192 valence electrons. The molecule has 0 bridgehead atoms. The summed E-state index contributed by atoms with van der Waals surface area (Å²) in [6, 6.07) is 4.09. The SMILES string of the molecule is CN1CC2CC(n3cc(Nc4ncc(Cl)c(Nc5ccc6nccnc6c5P(C)(C)=O)n4)cn3)CC2C1. The lowest BCUT2D eigenvalue weighted by molar-refractivity contribution is 0.343. The number of hydrogen-bond donors (Lipinski definition) is 2. The van der Waals surface area contributed by atoms with E-state index >= 15 is 0 Å². The second kappa shape index (κ2) is 9.35. The molecule has 10 nitrogen and oxygen atoms in total. The molecule has 2 N–H and O–H groups in total. The predicted octanol–water partition coefficient (Wildman–Crippen LogP) is 4.52. The molecule has 0 radical (unpaired) electrons. The first-order valence-corrected chi connectivity index (χ1v) is 15.3. The van der Waals surface area contributed by atoms with Crippen molar-refractivity contribution in [2.24, 2.45) is 11.8 Å². The summed E-state index contributed by atoms with van der Waals surface area (Å²) in [6.45, 7) is 5.78. The maximum Gasteiger partial charge on any atom is 0.229 e. The molecule has 2 atom stereocenters. The van der Waals surface area contributed by atoms with Crippen molar-refractivity contribution in [1.82, 2.24) is 34.6 Å². The van der Waals surface area contributed by atoms with Gasteiger partial charge in [0.05, 0.1) is 40.6 Å². The molecule has 4 aromatic rings. The van der Waals surface area contributed by atoms with Gasteiger partial charge in [-0.15, -0.1) is 0 Å². The lowest BCUT2D eigenvalue weighted by atomic mass is 10.0. The van der Waals surface area contributed by atoms with Crippen LogP contribution in [0, 0.1) is 11.8 Å². The highest BCUT2D eigenvalue weighted by Gasteiger charge is 2.40.